The number of amides is 1. The summed E-state index contributed by atoms with van der Waals surface area (Å²) in [5.41, 5.74) is 2.93. The number of hydrogen-bond donors (Lipinski definition) is 2. The zero-order valence-corrected chi connectivity index (χ0v) is 14.4. The molecule has 0 bridgehead atoms. The third-order valence-corrected chi connectivity index (χ3v) is 4.73. The lowest BCUT2D eigenvalue weighted by Crippen LogP contribution is -2.35. The molecule has 1 aliphatic heterocycles. The second kappa shape index (κ2) is 7.93. The number of ether oxygens (including phenoxy) is 2. The number of rotatable bonds is 6. The van der Waals surface area contributed by atoms with Crippen LogP contribution in [0, 0.1) is 0 Å². The number of pyridine rings is 1. The van der Waals surface area contributed by atoms with Gasteiger partial charge in [0.2, 0.25) is 10.0 Å². The standard InChI is InChI=1S/C16H16N4O5S/c21-16(20-18-10-12-2-1-5-17-9-12)11-19-26(22,23)13-3-4-14-15(8-13)25-7-6-24-14/h1-5,8-10,19H,6-7,11H2,(H,20,21). The number of carbonyl (C=O) groups is 1. The van der Waals surface area contributed by atoms with Gasteiger partial charge in [0.05, 0.1) is 17.7 Å². The van der Waals surface area contributed by atoms with E-state index in [1.165, 1.54) is 24.4 Å². The maximum absolute atomic E-state index is 12.3. The fourth-order valence-corrected chi connectivity index (χ4v) is 3.10. The van der Waals surface area contributed by atoms with Crippen molar-refractivity contribution in [2.75, 3.05) is 19.8 Å². The van der Waals surface area contributed by atoms with Crippen LogP contribution in [0.4, 0.5) is 0 Å². The average Bonchev–Trinajstić information content (AvgIpc) is 2.67. The van der Waals surface area contributed by atoms with Crippen LogP contribution in [0.1, 0.15) is 5.56 Å². The Morgan fingerprint density at radius 1 is 1.23 bits per heavy atom. The van der Waals surface area contributed by atoms with Crippen LogP contribution in [0.3, 0.4) is 0 Å². The van der Waals surface area contributed by atoms with Crippen molar-refractivity contribution in [3.8, 4) is 11.5 Å². The van der Waals surface area contributed by atoms with Crippen LogP contribution in [-0.4, -0.2) is 45.3 Å². The van der Waals surface area contributed by atoms with Gasteiger partial charge in [-0.15, -0.1) is 0 Å². The Labute approximate surface area is 150 Å². The number of carbonyl (C=O) groups excluding carboxylic acids is 1. The normalized spacial score (nSPS) is 13.5. The van der Waals surface area contributed by atoms with Crippen molar-refractivity contribution in [2.45, 2.75) is 4.90 Å². The van der Waals surface area contributed by atoms with Crippen LogP contribution >= 0.6 is 0 Å². The van der Waals surface area contributed by atoms with Crippen molar-refractivity contribution < 1.29 is 22.7 Å². The molecule has 0 unspecified atom stereocenters. The van der Waals surface area contributed by atoms with E-state index < -0.39 is 22.5 Å². The summed E-state index contributed by atoms with van der Waals surface area (Å²) < 4.78 is 37.5. The highest BCUT2D eigenvalue weighted by molar-refractivity contribution is 7.89. The molecule has 0 radical (unpaired) electrons. The molecule has 136 valence electrons. The molecular formula is C16H16N4O5S. The van der Waals surface area contributed by atoms with Gasteiger partial charge in [-0.3, -0.25) is 9.78 Å². The van der Waals surface area contributed by atoms with E-state index in [-0.39, 0.29) is 4.90 Å². The van der Waals surface area contributed by atoms with Crippen LogP contribution in [-0.2, 0) is 14.8 Å². The van der Waals surface area contributed by atoms with Gasteiger partial charge >= 0.3 is 0 Å². The van der Waals surface area contributed by atoms with Gasteiger partial charge in [-0.05, 0) is 18.2 Å². The van der Waals surface area contributed by atoms with E-state index in [4.69, 9.17) is 9.47 Å². The Morgan fingerprint density at radius 2 is 2.04 bits per heavy atom. The Hall–Kier alpha value is -2.98. The quantitative estimate of drug-likeness (QED) is 0.552. The lowest BCUT2D eigenvalue weighted by molar-refractivity contribution is -0.119. The first-order chi connectivity index (χ1) is 12.5. The molecular weight excluding hydrogens is 360 g/mol. The summed E-state index contributed by atoms with van der Waals surface area (Å²) in [6, 6.07) is 7.74. The Bertz CT molecular complexity index is 915. The van der Waals surface area contributed by atoms with E-state index in [2.05, 4.69) is 20.2 Å². The Kier molecular flexibility index (Phi) is 5.44. The highest BCUT2D eigenvalue weighted by Gasteiger charge is 2.20. The fraction of sp³-hybridized carbons (Fsp3) is 0.188. The van der Waals surface area contributed by atoms with Crippen LogP contribution in [0.15, 0.2) is 52.7 Å². The predicted molar refractivity (Wildman–Crippen MR) is 92.6 cm³/mol. The Morgan fingerprint density at radius 3 is 2.81 bits per heavy atom. The Balaban J connectivity index is 1.56. The largest absolute Gasteiger partial charge is 0.486 e. The third-order valence-electron chi connectivity index (χ3n) is 3.33. The van der Waals surface area contributed by atoms with E-state index in [1.807, 2.05) is 0 Å². The minimum Gasteiger partial charge on any atom is -0.486 e. The highest BCUT2D eigenvalue weighted by atomic mass is 32.2. The molecule has 0 saturated heterocycles. The van der Waals surface area contributed by atoms with Crippen molar-refractivity contribution >= 4 is 22.1 Å². The number of hydrazone groups is 1. The van der Waals surface area contributed by atoms with Crippen molar-refractivity contribution in [3.05, 3.63) is 48.3 Å². The predicted octanol–water partition coefficient (Wildman–Crippen LogP) is 0.281. The molecule has 0 aliphatic carbocycles. The molecule has 1 aliphatic rings. The van der Waals surface area contributed by atoms with Gasteiger partial charge in [0.1, 0.15) is 13.2 Å². The molecule has 9 nitrogen and oxygen atoms in total. The van der Waals surface area contributed by atoms with Gasteiger partial charge in [-0.25, -0.2) is 18.6 Å². The second-order valence-corrected chi connectivity index (χ2v) is 6.98. The van der Waals surface area contributed by atoms with Crippen LogP contribution < -0.4 is 19.6 Å². The zero-order valence-electron chi connectivity index (χ0n) is 13.6. The molecule has 2 aromatic rings. The summed E-state index contributed by atoms with van der Waals surface area (Å²) in [6.07, 6.45) is 4.59. The summed E-state index contributed by atoms with van der Waals surface area (Å²) in [5, 5.41) is 3.74. The number of hydrogen-bond acceptors (Lipinski definition) is 7. The number of fused-ring (bicyclic) bond motifs is 1. The minimum atomic E-state index is -3.87. The number of sulfonamides is 1. The summed E-state index contributed by atoms with van der Waals surface area (Å²) in [6.45, 7) is 0.305. The van der Waals surface area contributed by atoms with E-state index in [9.17, 15) is 13.2 Å². The summed E-state index contributed by atoms with van der Waals surface area (Å²) in [5.74, 6) is 0.230. The van der Waals surface area contributed by atoms with E-state index in [0.717, 1.165) is 0 Å². The molecule has 2 heterocycles. The average molecular weight is 376 g/mol. The van der Waals surface area contributed by atoms with Gasteiger partial charge in [0, 0.05) is 24.0 Å². The van der Waals surface area contributed by atoms with Crippen LogP contribution in [0.25, 0.3) is 0 Å². The van der Waals surface area contributed by atoms with Gasteiger partial charge < -0.3 is 9.47 Å². The number of benzene rings is 1. The van der Waals surface area contributed by atoms with Crippen molar-refractivity contribution in [2.24, 2.45) is 5.10 Å². The fourth-order valence-electron chi connectivity index (χ4n) is 2.11. The van der Waals surface area contributed by atoms with Gasteiger partial charge in [0.25, 0.3) is 5.91 Å². The SMILES string of the molecule is O=C(CNS(=O)(=O)c1ccc2c(c1)OCCO2)NN=Cc1cccnc1. The first-order valence-electron chi connectivity index (χ1n) is 7.66. The van der Waals surface area contributed by atoms with Crippen molar-refractivity contribution in [1.29, 1.82) is 0 Å². The lowest BCUT2D eigenvalue weighted by Gasteiger charge is -2.18. The molecule has 1 amide bonds. The topological polar surface area (TPSA) is 119 Å². The van der Waals surface area contributed by atoms with Crippen molar-refractivity contribution in [1.82, 2.24) is 15.1 Å². The molecule has 0 atom stereocenters. The molecule has 26 heavy (non-hydrogen) atoms. The number of aromatic nitrogens is 1. The maximum Gasteiger partial charge on any atom is 0.255 e. The molecule has 0 fully saturated rings. The lowest BCUT2D eigenvalue weighted by atomic mass is 10.3. The third kappa shape index (κ3) is 4.55. The van der Waals surface area contributed by atoms with E-state index >= 15 is 0 Å². The molecule has 10 heteroatoms. The second-order valence-electron chi connectivity index (χ2n) is 5.21. The van der Waals surface area contributed by atoms with Crippen LogP contribution in [0.5, 0.6) is 11.5 Å². The molecule has 0 saturated carbocycles. The number of nitrogens with one attached hydrogen (secondary N) is 2. The molecule has 0 spiro atoms. The minimum absolute atomic E-state index is 0.0200. The zero-order chi connectivity index (χ0) is 18.4. The monoisotopic (exact) mass is 376 g/mol. The van der Waals surface area contributed by atoms with E-state index in [0.29, 0.717) is 30.3 Å². The van der Waals surface area contributed by atoms with E-state index in [1.54, 1.807) is 24.5 Å². The summed E-state index contributed by atoms with van der Waals surface area (Å²) >= 11 is 0. The first-order valence-corrected chi connectivity index (χ1v) is 9.14. The van der Waals surface area contributed by atoms with Gasteiger partial charge in [0.15, 0.2) is 11.5 Å². The first kappa shape index (κ1) is 17.8. The number of nitrogens with zero attached hydrogens (tertiary/aromatic N) is 2. The molecule has 2 N–H and O–H groups in total. The maximum atomic E-state index is 12.3. The molecule has 1 aromatic carbocycles. The highest BCUT2D eigenvalue weighted by Crippen LogP contribution is 2.32. The smallest absolute Gasteiger partial charge is 0.255 e. The van der Waals surface area contributed by atoms with Gasteiger partial charge in [-0.1, -0.05) is 6.07 Å². The van der Waals surface area contributed by atoms with Crippen LogP contribution in [0.2, 0.25) is 0 Å². The summed E-state index contributed by atoms with van der Waals surface area (Å²) in [7, 11) is -3.87. The summed E-state index contributed by atoms with van der Waals surface area (Å²) in [4.78, 5) is 15.6. The molecule has 3 rings (SSSR count). The van der Waals surface area contributed by atoms with Gasteiger partial charge in [-0.2, -0.15) is 5.10 Å². The van der Waals surface area contributed by atoms with Crippen molar-refractivity contribution in [3.63, 3.8) is 0 Å². The molecule has 1 aromatic heterocycles.